The molecule has 3 amide bonds. The van der Waals surface area contributed by atoms with Crippen molar-refractivity contribution in [2.75, 3.05) is 31.5 Å². The van der Waals surface area contributed by atoms with E-state index in [0.29, 0.717) is 19.5 Å². The molecule has 0 unspecified atom stereocenters. The van der Waals surface area contributed by atoms with Gasteiger partial charge in [-0.15, -0.1) is 0 Å². The lowest BCUT2D eigenvalue weighted by atomic mass is 10.1. The fraction of sp³-hybridized carbons (Fsp3) is 0.579. The molecule has 3 rings (SSSR count). The van der Waals surface area contributed by atoms with Crippen LogP contribution in [0.15, 0.2) is 24.3 Å². The van der Waals surface area contributed by atoms with Crippen LogP contribution < -0.4 is 10.6 Å². The van der Waals surface area contributed by atoms with Gasteiger partial charge in [0.2, 0.25) is 5.91 Å². The number of rotatable bonds is 3. The first kappa shape index (κ1) is 17.7. The van der Waals surface area contributed by atoms with E-state index in [2.05, 4.69) is 21.6 Å². The summed E-state index contributed by atoms with van der Waals surface area (Å²) in [5, 5.41) is 5.91. The van der Waals surface area contributed by atoms with E-state index in [4.69, 9.17) is 0 Å². The Kier molecular flexibility index (Phi) is 5.91. The van der Waals surface area contributed by atoms with Gasteiger partial charge in [-0.1, -0.05) is 24.6 Å². The molecule has 2 fully saturated rings. The van der Waals surface area contributed by atoms with Crippen molar-refractivity contribution in [1.29, 1.82) is 0 Å². The Morgan fingerprint density at radius 1 is 1.20 bits per heavy atom. The first-order valence-electron chi connectivity index (χ1n) is 9.28. The highest BCUT2D eigenvalue weighted by molar-refractivity contribution is 5.91. The fourth-order valence-corrected chi connectivity index (χ4v) is 3.53. The Balaban J connectivity index is 1.67. The molecule has 0 aliphatic carbocycles. The monoisotopic (exact) mass is 344 g/mol. The second kappa shape index (κ2) is 8.34. The summed E-state index contributed by atoms with van der Waals surface area (Å²) < 4.78 is 0. The zero-order chi connectivity index (χ0) is 17.6. The van der Waals surface area contributed by atoms with Gasteiger partial charge in [0.25, 0.3) is 0 Å². The molecular weight excluding hydrogens is 316 g/mol. The molecule has 6 nitrogen and oxygen atoms in total. The van der Waals surface area contributed by atoms with Gasteiger partial charge in [-0.05, 0) is 44.5 Å². The quantitative estimate of drug-likeness (QED) is 0.885. The first-order valence-corrected chi connectivity index (χ1v) is 9.28. The Labute approximate surface area is 149 Å². The second-order valence-electron chi connectivity index (χ2n) is 7.02. The van der Waals surface area contributed by atoms with E-state index < -0.39 is 0 Å². The zero-order valence-corrected chi connectivity index (χ0v) is 15.0. The molecule has 2 aliphatic heterocycles. The van der Waals surface area contributed by atoms with E-state index in [0.717, 1.165) is 30.9 Å². The maximum absolute atomic E-state index is 12.7. The van der Waals surface area contributed by atoms with E-state index in [1.165, 1.54) is 19.3 Å². The maximum Gasteiger partial charge on any atom is 0.322 e. The molecule has 2 heterocycles. The summed E-state index contributed by atoms with van der Waals surface area (Å²) in [6, 6.07) is 7.87. The lowest BCUT2D eigenvalue weighted by Gasteiger charge is -2.29. The minimum absolute atomic E-state index is 0.00708. The number of anilines is 1. The number of para-hydroxylation sites is 1. The predicted molar refractivity (Wildman–Crippen MR) is 98.4 cm³/mol. The van der Waals surface area contributed by atoms with Gasteiger partial charge in [-0.3, -0.25) is 9.69 Å². The van der Waals surface area contributed by atoms with Crippen molar-refractivity contribution in [2.24, 2.45) is 0 Å². The third kappa shape index (κ3) is 4.72. The smallest absolute Gasteiger partial charge is 0.322 e. The van der Waals surface area contributed by atoms with Crippen molar-refractivity contribution in [3.63, 3.8) is 0 Å². The van der Waals surface area contributed by atoms with Crippen molar-refractivity contribution >= 4 is 17.6 Å². The number of piperidine rings is 1. The molecule has 1 atom stereocenters. The largest absolute Gasteiger partial charge is 0.354 e. The van der Waals surface area contributed by atoms with Crippen molar-refractivity contribution in [2.45, 2.75) is 45.2 Å². The molecule has 136 valence electrons. The standard InChI is InChI=1S/C19H28N4O2/c1-15-13-20-18(24)9-12-23(15)19(25)21-17-8-4-3-7-16(17)14-22-10-5-2-6-11-22/h3-4,7-8,15H,2,5-6,9-14H2,1H3,(H,20,24)(H,21,25)/t15-/m0/s1. The molecule has 2 saturated heterocycles. The van der Waals surface area contributed by atoms with Crippen LogP contribution in [0, 0.1) is 0 Å². The van der Waals surface area contributed by atoms with Crippen LogP contribution >= 0.6 is 0 Å². The van der Waals surface area contributed by atoms with Crippen molar-refractivity contribution in [1.82, 2.24) is 15.1 Å². The van der Waals surface area contributed by atoms with Gasteiger partial charge in [0, 0.05) is 37.8 Å². The number of nitrogens with one attached hydrogen (secondary N) is 2. The van der Waals surface area contributed by atoms with Crippen LogP contribution in [0.2, 0.25) is 0 Å². The van der Waals surface area contributed by atoms with Gasteiger partial charge in [-0.25, -0.2) is 4.79 Å². The van der Waals surface area contributed by atoms with Crippen molar-refractivity contribution in [3.8, 4) is 0 Å². The number of hydrogen-bond donors (Lipinski definition) is 2. The van der Waals surface area contributed by atoms with Crippen molar-refractivity contribution < 1.29 is 9.59 Å². The van der Waals surface area contributed by atoms with Gasteiger partial charge in [0.05, 0.1) is 0 Å². The average Bonchev–Trinajstić information content (AvgIpc) is 2.79. The van der Waals surface area contributed by atoms with Crippen LogP contribution in [0.4, 0.5) is 10.5 Å². The summed E-state index contributed by atoms with van der Waals surface area (Å²) in [6.45, 7) is 6.03. The van der Waals surface area contributed by atoms with Gasteiger partial charge in [-0.2, -0.15) is 0 Å². The van der Waals surface area contributed by atoms with E-state index in [-0.39, 0.29) is 18.0 Å². The fourth-order valence-electron chi connectivity index (χ4n) is 3.53. The number of amides is 3. The summed E-state index contributed by atoms with van der Waals surface area (Å²) in [4.78, 5) is 28.5. The Bertz CT molecular complexity index is 613. The van der Waals surface area contributed by atoms with Gasteiger partial charge in [0.1, 0.15) is 0 Å². The Morgan fingerprint density at radius 2 is 1.96 bits per heavy atom. The van der Waals surface area contributed by atoms with E-state index in [1.807, 2.05) is 25.1 Å². The number of carbonyl (C=O) groups is 2. The van der Waals surface area contributed by atoms with Crippen LogP contribution in [0.25, 0.3) is 0 Å². The van der Waals surface area contributed by atoms with Crippen LogP contribution in [-0.4, -0.2) is 54.0 Å². The summed E-state index contributed by atoms with van der Waals surface area (Å²) in [6.07, 6.45) is 4.17. The third-order valence-corrected chi connectivity index (χ3v) is 5.07. The Hall–Kier alpha value is -2.08. The summed E-state index contributed by atoms with van der Waals surface area (Å²) >= 11 is 0. The molecule has 0 saturated carbocycles. The van der Waals surface area contributed by atoms with E-state index in [1.54, 1.807) is 4.90 Å². The zero-order valence-electron chi connectivity index (χ0n) is 15.0. The maximum atomic E-state index is 12.7. The number of nitrogens with zero attached hydrogens (tertiary/aromatic N) is 2. The number of urea groups is 1. The predicted octanol–water partition coefficient (Wildman–Crippen LogP) is 2.41. The van der Waals surface area contributed by atoms with Crippen LogP contribution in [0.3, 0.4) is 0 Å². The van der Waals surface area contributed by atoms with Crippen LogP contribution in [-0.2, 0) is 11.3 Å². The van der Waals surface area contributed by atoms with Crippen molar-refractivity contribution in [3.05, 3.63) is 29.8 Å². The molecule has 0 spiro atoms. The number of carbonyl (C=O) groups excluding carboxylic acids is 2. The SMILES string of the molecule is C[C@H]1CNC(=O)CCN1C(=O)Nc1ccccc1CN1CCCCC1. The van der Waals surface area contributed by atoms with E-state index in [9.17, 15) is 9.59 Å². The number of benzene rings is 1. The van der Waals surface area contributed by atoms with Crippen LogP contribution in [0.5, 0.6) is 0 Å². The van der Waals surface area contributed by atoms with Gasteiger partial charge >= 0.3 is 6.03 Å². The molecule has 2 aliphatic rings. The molecular formula is C19H28N4O2. The minimum Gasteiger partial charge on any atom is -0.354 e. The second-order valence-corrected chi connectivity index (χ2v) is 7.02. The lowest BCUT2D eigenvalue weighted by Crippen LogP contribution is -2.44. The van der Waals surface area contributed by atoms with Gasteiger partial charge in [0.15, 0.2) is 0 Å². The first-order chi connectivity index (χ1) is 12.1. The number of hydrogen-bond acceptors (Lipinski definition) is 3. The molecule has 6 heteroatoms. The summed E-state index contributed by atoms with van der Waals surface area (Å²) in [5.74, 6) is 0.00708. The molecule has 0 radical (unpaired) electrons. The highest BCUT2D eigenvalue weighted by Crippen LogP contribution is 2.20. The van der Waals surface area contributed by atoms with E-state index >= 15 is 0 Å². The highest BCUT2D eigenvalue weighted by Gasteiger charge is 2.25. The normalized spacial score (nSPS) is 22.2. The Morgan fingerprint density at radius 3 is 2.76 bits per heavy atom. The molecule has 25 heavy (non-hydrogen) atoms. The minimum atomic E-state index is -0.130. The molecule has 2 N–H and O–H groups in total. The highest BCUT2D eigenvalue weighted by atomic mass is 16.2. The summed E-state index contributed by atoms with van der Waals surface area (Å²) in [7, 11) is 0. The van der Waals surface area contributed by atoms with Gasteiger partial charge < -0.3 is 15.5 Å². The molecule has 1 aromatic rings. The summed E-state index contributed by atoms with van der Waals surface area (Å²) in [5.41, 5.74) is 2.02. The lowest BCUT2D eigenvalue weighted by molar-refractivity contribution is -0.120. The third-order valence-electron chi connectivity index (χ3n) is 5.07. The molecule has 0 aromatic heterocycles. The van der Waals surface area contributed by atoms with Crippen LogP contribution in [0.1, 0.15) is 38.2 Å². The average molecular weight is 344 g/mol. The number of likely N-dealkylation sites (tertiary alicyclic amines) is 1. The molecule has 0 bridgehead atoms. The topological polar surface area (TPSA) is 64.7 Å². The molecule has 1 aromatic carbocycles.